The van der Waals surface area contributed by atoms with E-state index < -0.39 is 0 Å². The predicted molar refractivity (Wildman–Crippen MR) is 62.3 cm³/mol. The van der Waals surface area contributed by atoms with Gasteiger partial charge in [0.05, 0.1) is 0 Å². The summed E-state index contributed by atoms with van der Waals surface area (Å²) < 4.78 is 1.02. The van der Waals surface area contributed by atoms with Crippen molar-refractivity contribution in [3.63, 3.8) is 0 Å². The number of hydrogen-bond acceptors (Lipinski definition) is 3. The molecule has 66 valence electrons. The molecule has 0 fully saturated rings. The third-order valence-electron chi connectivity index (χ3n) is 1.72. The summed E-state index contributed by atoms with van der Waals surface area (Å²) in [6, 6.07) is 10.5. The Morgan fingerprint density at radius 1 is 1.15 bits per heavy atom. The normalized spacial score (nSPS) is 10.2. The largest absolute Gasteiger partial charge is 0.143 e. The maximum atomic E-state index is 5.09. The molecule has 0 spiro atoms. The average molecular weight is 224 g/mol. The Kier molecular flexibility index (Phi) is 2.88. The van der Waals surface area contributed by atoms with Gasteiger partial charge in [0.2, 0.25) is 0 Å². The zero-order valence-electron chi connectivity index (χ0n) is 6.90. The third-order valence-corrected chi connectivity index (χ3v) is 4.23. The van der Waals surface area contributed by atoms with Crippen molar-refractivity contribution in [2.45, 2.75) is 6.42 Å². The first-order valence-electron chi connectivity index (χ1n) is 3.96. The van der Waals surface area contributed by atoms with Gasteiger partial charge in [-0.2, -0.15) is 0 Å². The first kappa shape index (κ1) is 9.06. The molecule has 0 N–H and O–H groups in total. The summed E-state index contributed by atoms with van der Waals surface area (Å²) in [5, 5.41) is 2.15. The van der Waals surface area contributed by atoms with Crippen molar-refractivity contribution in [3.8, 4) is 0 Å². The van der Waals surface area contributed by atoms with Crippen molar-refractivity contribution in [2.75, 3.05) is 0 Å². The molecule has 1 heterocycles. The van der Waals surface area contributed by atoms with Crippen LogP contribution in [0.2, 0.25) is 0 Å². The average Bonchev–Trinajstić information content (AvgIpc) is 2.53. The molecular weight excluding hydrogens is 216 g/mol. The molecule has 1 aromatic carbocycles. The van der Waals surface area contributed by atoms with Gasteiger partial charge < -0.3 is 0 Å². The van der Waals surface area contributed by atoms with Crippen molar-refractivity contribution in [2.24, 2.45) is 0 Å². The molecule has 0 aliphatic rings. The van der Waals surface area contributed by atoms with Crippen LogP contribution in [0.4, 0.5) is 0 Å². The van der Waals surface area contributed by atoms with Gasteiger partial charge in [-0.3, -0.25) is 0 Å². The van der Waals surface area contributed by atoms with Gasteiger partial charge in [0.1, 0.15) is 3.14 Å². The first-order chi connectivity index (χ1) is 6.34. The summed E-state index contributed by atoms with van der Waals surface area (Å²) in [5.74, 6) is 0. The number of rotatable bonds is 2. The van der Waals surface area contributed by atoms with Gasteiger partial charge in [0.25, 0.3) is 0 Å². The van der Waals surface area contributed by atoms with Crippen LogP contribution in [0.25, 0.3) is 0 Å². The molecule has 13 heavy (non-hydrogen) atoms. The molecule has 0 radical (unpaired) electrons. The van der Waals surface area contributed by atoms with Gasteiger partial charge in [0.15, 0.2) is 0 Å². The Labute approximate surface area is 90.5 Å². The highest BCUT2D eigenvalue weighted by Crippen LogP contribution is 2.20. The zero-order chi connectivity index (χ0) is 9.10. The smallest absolute Gasteiger partial charge is 0.121 e. The van der Waals surface area contributed by atoms with Crippen LogP contribution >= 0.6 is 34.9 Å². The van der Waals surface area contributed by atoms with Crippen molar-refractivity contribution in [1.82, 2.24) is 0 Å². The van der Waals surface area contributed by atoms with Crippen molar-refractivity contribution < 1.29 is 0 Å². The van der Waals surface area contributed by atoms with Crippen molar-refractivity contribution in [1.29, 1.82) is 0 Å². The lowest BCUT2D eigenvalue weighted by molar-refractivity contribution is 1.25. The van der Waals surface area contributed by atoms with Gasteiger partial charge >= 0.3 is 0 Å². The fraction of sp³-hybridized carbons (Fsp3) is 0.100. The standard InChI is InChI=1S/C10H8S3/c11-10-12-7-9(13-10)6-8-4-2-1-3-5-8/h1-5,7H,6H2. The molecule has 3 heteroatoms. The fourth-order valence-electron chi connectivity index (χ4n) is 1.14. The summed E-state index contributed by atoms with van der Waals surface area (Å²) in [7, 11) is 0. The molecule has 0 bridgehead atoms. The Morgan fingerprint density at radius 2 is 1.92 bits per heavy atom. The minimum Gasteiger partial charge on any atom is -0.121 e. The van der Waals surface area contributed by atoms with E-state index in [1.165, 1.54) is 10.4 Å². The highest BCUT2D eigenvalue weighted by molar-refractivity contribution is 7.76. The van der Waals surface area contributed by atoms with Crippen LogP contribution in [0.3, 0.4) is 0 Å². The minimum atomic E-state index is 1.01. The topological polar surface area (TPSA) is 0 Å². The Hall–Kier alpha value is -0.510. The molecule has 0 nitrogen and oxygen atoms in total. The molecule has 0 saturated carbocycles. The molecule has 1 aromatic heterocycles. The highest BCUT2D eigenvalue weighted by Gasteiger charge is 1.97. The maximum Gasteiger partial charge on any atom is 0.143 e. The number of benzene rings is 1. The van der Waals surface area contributed by atoms with Crippen LogP contribution in [-0.2, 0) is 6.42 Å². The maximum absolute atomic E-state index is 5.09. The quantitative estimate of drug-likeness (QED) is 0.691. The van der Waals surface area contributed by atoms with E-state index in [0.717, 1.165) is 9.56 Å². The fourth-order valence-corrected chi connectivity index (χ4v) is 3.37. The van der Waals surface area contributed by atoms with Gasteiger partial charge in [-0.15, -0.1) is 22.7 Å². The molecular formula is C10H8S3. The minimum absolute atomic E-state index is 1.01. The van der Waals surface area contributed by atoms with E-state index >= 15 is 0 Å². The van der Waals surface area contributed by atoms with E-state index in [2.05, 4.69) is 29.6 Å². The zero-order valence-corrected chi connectivity index (χ0v) is 9.35. The lowest BCUT2D eigenvalue weighted by Crippen LogP contribution is -1.81. The van der Waals surface area contributed by atoms with Crippen LogP contribution in [0.15, 0.2) is 35.7 Å². The van der Waals surface area contributed by atoms with Crippen molar-refractivity contribution >= 4 is 34.9 Å². The lowest BCUT2D eigenvalue weighted by atomic mass is 10.1. The summed E-state index contributed by atoms with van der Waals surface area (Å²) >= 11 is 8.46. The van der Waals surface area contributed by atoms with Gasteiger partial charge in [0, 0.05) is 16.7 Å². The first-order valence-corrected chi connectivity index (χ1v) is 6.06. The summed E-state index contributed by atoms with van der Waals surface area (Å²) in [5.41, 5.74) is 1.35. The predicted octanol–water partition coefficient (Wildman–Crippen LogP) is 4.13. The van der Waals surface area contributed by atoms with E-state index in [4.69, 9.17) is 12.2 Å². The second-order valence-electron chi connectivity index (χ2n) is 2.72. The van der Waals surface area contributed by atoms with Gasteiger partial charge in [-0.1, -0.05) is 42.5 Å². The molecule has 2 rings (SSSR count). The molecule has 2 aromatic rings. The summed E-state index contributed by atoms with van der Waals surface area (Å²) in [6.07, 6.45) is 1.01. The summed E-state index contributed by atoms with van der Waals surface area (Å²) in [6.45, 7) is 0. The monoisotopic (exact) mass is 224 g/mol. The molecule has 0 amide bonds. The Morgan fingerprint density at radius 3 is 2.54 bits per heavy atom. The van der Waals surface area contributed by atoms with Gasteiger partial charge in [-0.25, -0.2) is 0 Å². The van der Waals surface area contributed by atoms with Crippen molar-refractivity contribution in [3.05, 3.63) is 49.3 Å². The lowest BCUT2D eigenvalue weighted by Gasteiger charge is -1.95. The van der Waals surface area contributed by atoms with Crippen LogP contribution in [0.1, 0.15) is 10.4 Å². The van der Waals surface area contributed by atoms with Crippen LogP contribution < -0.4 is 0 Å². The van der Waals surface area contributed by atoms with E-state index in [9.17, 15) is 0 Å². The number of hydrogen-bond donors (Lipinski definition) is 0. The summed E-state index contributed by atoms with van der Waals surface area (Å²) in [4.78, 5) is 1.36. The van der Waals surface area contributed by atoms with Gasteiger partial charge in [-0.05, 0) is 5.56 Å². The van der Waals surface area contributed by atoms with E-state index in [1.54, 1.807) is 22.7 Å². The Balaban J connectivity index is 2.20. The van der Waals surface area contributed by atoms with Crippen LogP contribution in [0, 0.1) is 3.14 Å². The van der Waals surface area contributed by atoms with E-state index in [-0.39, 0.29) is 0 Å². The third kappa shape index (κ3) is 2.46. The SMILES string of the molecule is S=c1scc(Cc2ccccc2)s1. The molecule has 0 unspecified atom stereocenters. The molecule has 0 aliphatic carbocycles. The Bertz CT molecular complexity index is 425. The molecule has 0 atom stereocenters. The molecule has 0 saturated heterocycles. The van der Waals surface area contributed by atoms with E-state index in [1.807, 2.05) is 6.07 Å². The molecule has 0 aliphatic heterocycles. The van der Waals surface area contributed by atoms with E-state index in [0.29, 0.717) is 0 Å². The van der Waals surface area contributed by atoms with Crippen LogP contribution in [-0.4, -0.2) is 0 Å². The second-order valence-corrected chi connectivity index (χ2v) is 5.92. The second kappa shape index (κ2) is 4.13. The highest BCUT2D eigenvalue weighted by atomic mass is 32.2. The van der Waals surface area contributed by atoms with Crippen LogP contribution in [0.5, 0.6) is 0 Å².